The molecule has 1 aliphatic heterocycles. The van der Waals surface area contributed by atoms with Crippen LogP contribution in [0.15, 0.2) is 36.4 Å². The van der Waals surface area contributed by atoms with Crippen molar-refractivity contribution < 1.29 is 13.9 Å². The first-order valence-electron chi connectivity index (χ1n) is 7.85. The van der Waals surface area contributed by atoms with E-state index in [1.54, 1.807) is 22.8 Å². The van der Waals surface area contributed by atoms with Gasteiger partial charge in [0, 0.05) is 33.4 Å². The number of aliphatic hydroxyl groups excluding tert-OH is 1. The lowest BCUT2D eigenvalue weighted by Gasteiger charge is -2.37. The van der Waals surface area contributed by atoms with Crippen molar-refractivity contribution in [2.75, 3.05) is 13.1 Å². The number of fused-ring (bicyclic) bond motifs is 3. The first-order valence-corrected chi connectivity index (χ1v) is 8.23. The molecule has 2 aromatic carbocycles. The molecular formula is C18H17ClF2N2O. The summed E-state index contributed by atoms with van der Waals surface area (Å²) in [6, 6.07) is 9.61. The Balaban J connectivity index is 2.10. The van der Waals surface area contributed by atoms with Gasteiger partial charge in [-0.1, -0.05) is 23.2 Å². The molecule has 3 nitrogen and oxygen atoms in total. The molecule has 3 aromatic rings. The van der Waals surface area contributed by atoms with E-state index in [2.05, 4.69) is 5.32 Å². The third kappa shape index (κ3) is 2.31. The molecule has 2 N–H and O–H groups in total. The van der Waals surface area contributed by atoms with Gasteiger partial charge in [0.15, 0.2) is 0 Å². The highest BCUT2D eigenvalue weighted by molar-refractivity contribution is 6.31. The molecule has 0 saturated carbocycles. The Bertz CT molecular complexity index is 878. The average Bonchev–Trinajstić information content (AvgIpc) is 2.80. The van der Waals surface area contributed by atoms with E-state index in [9.17, 15) is 13.9 Å². The highest BCUT2D eigenvalue weighted by Gasteiger charge is 2.48. The first kappa shape index (κ1) is 15.8. The molecule has 126 valence electrons. The molecule has 4 rings (SSSR count). The molecular weight excluding hydrogens is 334 g/mol. The Morgan fingerprint density at radius 1 is 1.17 bits per heavy atom. The van der Waals surface area contributed by atoms with Gasteiger partial charge >= 0.3 is 0 Å². The van der Waals surface area contributed by atoms with Gasteiger partial charge in [-0.3, -0.25) is 0 Å². The summed E-state index contributed by atoms with van der Waals surface area (Å²) >= 11 is 6.12. The van der Waals surface area contributed by atoms with E-state index >= 15 is 0 Å². The van der Waals surface area contributed by atoms with Crippen molar-refractivity contribution in [3.8, 4) is 0 Å². The van der Waals surface area contributed by atoms with Gasteiger partial charge in [-0.05, 0) is 37.3 Å². The summed E-state index contributed by atoms with van der Waals surface area (Å²) < 4.78 is 30.8. The standard InChI is InChI=1S/C18H17ClF2N2O/c1-10-2-4-14-12(6-10)13-7-11(19)3-5-15(13)23(14)17-16(24)8-22-9-18(17,20)21/h2-7,16-17,22,24H,8-9H2,1H3/t16-,17+/m0/s1. The summed E-state index contributed by atoms with van der Waals surface area (Å²) in [6.07, 6.45) is -1.18. The minimum atomic E-state index is -3.05. The first-order chi connectivity index (χ1) is 11.4. The number of hydrogen-bond acceptors (Lipinski definition) is 2. The molecule has 0 radical (unpaired) electrons. The highest BCUT2D eigenvalue weighted by atomic mass is 35.5. The molecule has 0 amide bonds. The summed E-state index contributed by atoms with van der Waals surface area (Å²) in [5.41, 5.74) is 2.38. The maximum absolute atomic E-state index is 14.6. The number of β-amino-alcohol motifs (C(OH)–C–C–N with tert-alkyl or cyclic N) is 1. The predicted molar refractivity (Wildman–Crippen MR) is 92.1 cm³/mol. The van der Waals surface area contributed by atoms with Crippen molar-refractivity contribution in [1.29, 1.82) is 0 Å². The number of aromatic nitrogens is 1. The minimum Gasteiger partial charge on any atom is -0.389 e. The van der Waals surface area contributed by atoms with Crippen molar-refractivity contribution in [1.82, 2.24) is 9.88 Å². The van der Waals surface area contributed by atoms with Gasteiger partial charge < -0.3 is 15.0 Å². The van der Waals surface area contributed by atoms with Crippen LogP contribution >= 0.6 is 11.6 Å². The van der Waals surface area contributed by atoms with Gasteiger partial charge in [-0.15, -0.1) is 0 Å². The van der Waals surface area contributed by atoms with Gasteiger partial charge in [0.05, 0.1) is 12.6 Å². The van der Waals surface area contributed by atoms with Crippen molar-refractivity contribution in [2.45, 2.75) is 25.0 Å². The molecule has 1 aliphatic rings. The minimum absolute atomic E-state index is 0.140. The number of halogens is 3. The second-order valence-corrected chi connectivity index (χ2v) is 6.89. The monoisotopic (exact) mass is 350 g/mol. The average molecular weight is 351 g/mol. The number of rotatable bonds is 1. The normalized spacial score (nSPS) is 23.9. The Kier molecular flexibility index (Phi) is 3.56. The van der Waals surface area contributed by atoms with Crippen molar-refractivity contribution in [3.63, 3.8) is 0 Å². The number of piperidine rings is 1. The third-order valence-corrected chi connectivity index (χ3v) is 4.94. The van der Waals surface area contributed by atoms with Crippen molar-refractivity contribution in [3.05, 3.63) is 47.0 Å². The van der Waals surface area contributed by atoms with Crippen LogP contribution in [0, 0.1) is 6.92 Å². The Hall–Kier alpha value is -1.69. The van der Waals surface area contributed by atoms with E-state index in [-0.39, 0.29) is 6.54 Å². The van der Waals surface area contributed by atoms with Crippen LogP contribution in [-0.4, -0.2) is 34.8 Å². The number of alkyl halides is 2. The number of nitrogens with one attached hydrogen (secondary N) is 1. The van der Waals surface area contributed by atoms with Crippen LogP contribution in [0.5, 0.6) is 0 Å². The number of hydrogen-bond donors (Lipinski definition) is 2. The predicted octanol–water partition coefficient (Wildman–Crippen LogP) is 3.90. The third-order valence-electron chi connectivity index (χ3n) is 4.71. The molecule has 1 aromatic heterocycles. The number of benzene rings is 2. The summed E-state index contributed by atoms with van der Waals surface area (Å²) in [5, 5.41) is 15.2. The Labute approximate surface area is 142 Å². The molecule has 6 heteroatoms. The number of nitrogens with zero attached hydrogens (tertiary/aromatic N) is 1. The highest BCUT2D eigenvalue weighted by Crippen LogP contribution is 2.41. The topological polar surface area (TPSA) is 37.2 Å². The lowest BCUT2D eigenvalue weighted by molar-refractivity contribution is -0.110. The molecule has 2 atom stereocenters. The van der Waals surface area contributed by atoms with Gasteiger partial charge in [0.1, 0.15) is 6.04 Å². The van der Waals surface area contributed by atoms with Crippen LogP contribution in [0.1, 0.15) is 11.6 Å². The zero-order valence-corrected chi connectivity index (χ0v) is 13.8. The maximum Gasteiger partial charge on any atom is 0.283 e. The maximum atomic E-state index is 14.6. The molecule has 0 unspecified atom stereocenters. The zero-order valence-electron chi connectivity index (χ0n) is 13.1. The van der Waals surface area contributed by atoms with Crippen LogP contribution in [0.25, 0.3) is 21.8 Å². The fourth-order valence-electron chi connectivity index (χ4n) is 3.68. The largest absolute Gasteiger partial charge is 0.389 e. The molecule has 24 heavy (non-hydrogen) atoms. The molecule has 0 spiro atoms. The molecule has 1 saturated heterocycles. The van der Waals surface area contributed by atoms with Crippen LogP contribution in [0.3, 0.4) is 0 Å². The van der Waals surface area contributed by atoms with Crippen molar-refractivity contribution in [2.24, 2.45) is 0 Å². The van der Waals surface area contributed by atoms with E-state index in [4.69, 9.17) is 11.6 Å². The van der Waals surface area contributed by atoms with Gasteiger partial charge in [0.25, 0.3) is 5.92 Å². The van der Waals surface area contributed by atoms with Crippen LogP contribution < -0.4 is 5.32 Å². The zero-order chi connectivity index (χ0) is 17.1. The van der Waals surface area contributed by atoms with E-state index in [1.165, 1.54) is 0 Å². The molecule has 0 bridgehead atoms. The Morgan fingerprint density at radius 2 is 1.83 bits per heavy atom. The Morgan fingerprint density at radius 3 is 2.54 bits per heavy atom. The van der Waals surface area contributed by atoms with Gasteiger partial charge in [0.2, 0.25) is 0 Å². The molecule has 1 fully saturated rings. The summed E-state index contributed by atoms with van der Waals surface area (Å²) in [7, 11) is 0. The van der Waals surface area contributed by atoms with Gasteiger partial charge in [-0.25, -0.2) is 8.78 Å². The lowest BCUT2D eigenvalue weighted by Crippen LogP contribution is -2.54. The van der Waals surface area contributed by atoms with E-state index in [0.29, 0.717) is 16.1 Å². The van der Waals surface area contributed by atoms with Crippen LogP contribution in [0.4, 0.5) is 8.78 Å². The SMILES string of the molecule is Cc1ccc2c(c1)c1cc(Cl)ccc1n2[C@@H]1[C@@H](O)CNCC1(F)F. The van der Waals surface area contributed by atoms with Crippen molar-refractivity contribution >= 4 is 33.4 Å². The van der Waals surface area contributed by atoms with Crippen LogP contribution in [0.2, 0.25) is 5.02 Å². The fourth-order valence-corrected chi connectivity index (χ4v) is 3.86. The molecule has 0 aliphatic carbocycles. The summed E-state index contributed by atoms with van der Waals surface area (Å²) in [4.78, 5) is 0. The fraction of sp³-hybridized carbons (Fsp3) is 0.333. The second-order valence-electron chi connectivity index (χ2n) is 6.46. The quantitative estimate of drug-likeness (QED) is 0.698. The van der Waals surface area contributed by atoms with E-state index in [0.717, 1.165) is 16.3 Å². The van der Waals surface area contributed by atoms with E-state index in [1.807, 2.05) is 25.1 Å². The summed E-state index contributed by atoms with van der Waals surface area (Å²) in [5.74, 6) is -3.05. The second kappa shape index (κ2) is 5.41. The summed E-state index contributed by atoms with van der Waals surface area (Å²) in [6.45, 7) is 1.65. The number of aryl methyl sites for hydroxylation is 1. The van der Waals surface area contributed by atoms with E-state index < -0.39 is 24.6 Å². The van der Waals surface area contributed by atoms with Crippen LogP contribution in [-0.2, 0) is 0 Å². The smallest absolute Gasteiger partial charge is 0.283 e. The molecule has 2 heterocycles. The lowest BCUT2D eigenvalue weighted by atomic mass is 9.98. The number of aliphatic hydroxyl groups is 1. The van der Waals surface area contributed by atoms with Gasteiger partial charge in [-0.2, -0.15) is 0 Å².